The Labute approximate surface area is 138 Å². The van der Waals surface area contributed by atoms with Gasteiger partial charge in [-0.25, -0.2) is 0 Å². The Hall–Kier alpha value is -1.21. The number of alkyl halides is 3. The van der Waals surface area contributed by atoms with Crippen LogP contribution in [0.25, 0.3) is 0 Å². The summed E-state index contributed by atoms with van der Waals surface area (Å²) >= 11 is 1.75. The summed E-state index contributed by atoms with van der Waals surface area (Å²) in [6.07, 6.45) is 0.0714. The molecular formula is C16H21F3N2OS. The van der Waals surface area contributed by atoms with Gasteiger partial charge in [-0.3, -0.25) is 9.69 Å². The molecule has 128 valence electrons. The first-order chi connectivity index (χ1) is 10.9. The average Bonchev–Trinajstić information content (AvgIpc) is 2.85. The molecule has 1 aromatic rings. The van der Waals surface area contributed by atoms with Crippen molar-refractivity contribution in [2.24, 2.45) is 0 Å². The zero-order valence-corrected chi connectivity index (χ0v) is 13.9. The van der Waals surface area contributed by atoms with Crippen LogP contribution in [-0.4, -0.2) is 35.5 Å². The summed E-state index contributed by atoms with van der Waals surface area (Å²) in [5, 5.41) is 2.85. The van der Waals surface area contributed by atoms with Crippen LogP contribution in [0.3, 0.4) is 0 Å². The standard InChI is InChI=1S/C16H21F3N2OS/c1-23-8-3-2-7-15(22)20-14-6-4-5-12-9-21(10-13(12)14)11-16(17,18)19/h4-6H,2-3,7-11H2,1H3,(H,20,22). The normalized spacial score (nSPS) is 14.8. The van der Waals surface area contributed by atoms with Gasteiger partial charge in [0, 0.05) is 25.2 Å². The van der Waals surface area contributed by atoms with Gasteiger partial charge < -0.3 is 5.32 Å². The molecule has 0 aliphatic carbocycles. The third-order valence-corrected chi connectivity index (χ3v) is 4.42. The quantitative estimate of drug-likeness (QED) is 0.757. The van der Waals surface area contributed by atoms with E-state index in [1.54, 1.807) is 23.9 Å². The van der Waals surface area contributed by atoms with Gasteiger partial charge in [0.1, 0.15) is 0 Å². The molecule has 1 aliphatic rings. The van der Waals surface area contributed by atoms with Crippen molar-refractivity contribution < 1.29 is 18.0 Å². The zero-order chi connectivity index (χ0) is 16.9. The molecule has 0 fully saturated rings. The Bertz CT molecular complexity index is 549. The molecule has 2 rings (SSSR count). The van der Waals surface area contributed by atoms with Crippen molar-refractivity contribution in [2.45, 2.75) is 38.5 Å². The van der Waals surface area contributed by atoms with Gasteiger partial charge in [0.25, 0.3) is 0 Å². The molecule has 23 heavy (non-hydrogen) atoms. The number of amides is 1. The van der Waals surface area contributed by atoms with Gasteiger partial charge in [-0.2, -0.15) is 24.9 Å². The molecule has 1 N–H and O–H groups in total. The van der Waals surface area contributed by atoms with E-state index in [0.717, 1.165) is 29.7 Å². The van der Waals surface area contributed by atoms with E-state index in [4.69, 9.17) is 0 Å². The molecule has 0 aromatic heterocycles. The maximum absolute atomic E-state index is 12.5. The molecule has 1 aliphatic heterocycles. The van der Waals surface area contributed by atoms with Crippen LogP contribution in [0, 0.1) is 0 Å². The van der Waals surface area contributed by atoms with Crippen molar-refractivity contribution in [3.8, 4) is 0 Å². The first kappa shape index (κ1) is 18.1. The SMILES string of the molecule is CSCCCCC(=O)Nc1cccc2c1CN(CC(F)(F)F)C2. The number of hydrogen-bond donors (Lipinski definition) is 1. The number of carbonyl (C=O) groups excluding carboxylic acids is 1. The number of carbonyl (C=O) groups is 1. The van der Waals surface area contributed by atoms with E-state index in [1.807, 2.05) is 12.3 Å². The molecule has 0 saturated heterocycles. The number of thioether (sulfide) groups is 1. The molecule has 3 nitrogen and oxygen atoms in total. The minimum Gasteiger partial charge on any atom is -0.326 e. The molecule has 0 spiro atoms. The fourth-order valence-corrected chi connectivity index (χ4v) is 3.21. The number of fused-ring (bicyclic) bond motifs is 1. The lowest BCUT2D eigenvalue weighted by molar-refractivity contribution is -0.147. The number of hydrogen-bond acceptors (Lipinski definition) is 3. The van der Waals surface area contributed by atoms with Crippen LogP contribution >= 0.6 is 11.8 Å². The summed E-state index contributed by atoms with van der Waals surface area (Å²) in [7, 11) is 0. The van der Waals surface area contributed by atoms with Gasteiger partial charge >= 0.3 is 6.18 Å². The van der Waals surface area contributed by atoms with Gasteiger partial charge in [-0.1, -0.05) is 12.1 Å². The summed E-state index contributed by atoms with van der Waals surface area (Å²) in [4.78, 5) is 13.3. The number of halogens is 3. The van der Waals surface area contributed by atoms with Gasteiger partial charge in [0.2, 0.25) is 5.91 Å². The average molecular weight is 346 g/mol. The molecule has 0 bridgehead atoms. The minimum absolute atomic E-state index is 0.0752. The fourth-order valence-electron chi connectivity index (χ4n) is 2.72. The predicted octanol–water partition coefficient (Wildman–Crippen LogP) is 4.04. The van der Waals surface area contributed by atoms with Gasteiger partial charge in [0.15, 0.2) is 0 Å². The molecular weight excluding hydrogens is 325 g/mol. The van der Waals surface area contributed by atoms with Crippen LogP contribution in [0.5, 0.6) is 0 Å². The van der Waals surface area contributed by atoms with Crippen LogP contribution in [-0.2, 0) is 17.9 Å². The maximum Gasteiger partial charge on any atom is 0.401 e. The lowest BCUT2D eigenvalue weighted by Crippen LogP contribution is -2.30. The molecule has 1 aromatic carbocycles. The molecule has 1 amide bonds. The summed E-state index contributed by atoms with van der Waals surface area (Å²) in [6, 6.07) is 5.36. The molecule has 0 atom stereocenters. The number of nitrogens with zero attached hydrogens (tertiary/aromatic N) is 1. The van der Waals surface area contributed by atoms with E-state index in [2.05, 4.69) is 5.32 Å². The van der Waals surface area contributed by atoms with Crippen molar-refractivity contribution in [3.05, 3.63) is 29.3 Å². The van der Waals surface area contributed by atoms with Crippen molar-refractivity contribution in [2.75, 3.05) is 23.9 Å². The highest BCUT2D eigenvalue weighted by Crippen LogP contribution is 2.31. The lowest BCUT2D eigenvalue weighted by Gasteiger charge is -2.17. The predicted molar refractivity (Wildman–Crippen MR) is 87.5 cm³/mol. The topological polar surface area (TPSA) is 32.3 Å². The maximum atomic E-state index is 12.5. The van der Waals surface area contributed by atoms with E-state index < -0.39 is 12.7 Å². The minimum atomic E-state index is -4.21. The number of rotatable bonds is 7. The highest BCUT2D eigenvalue weighted by molar-refractivity contribution is 7.98. The Morgan fingerprint density at radius 3 is 2.78 bits per heavy atom. The van der Waals surface area contributed by atoms with Crippen LogP contribution < -0.4 is 5.32 Å². The lowest BCUT2D eigenvalue weighted by atomic mass is 10.1. The van der Waals surface area contributed by atoms with Crippen molar-refractivity contribution in [1.29, 1.82) is 0 Å². The van der Waals surface area contributed by atoms with Crippen LogP contribution in [0.15, 0.2) is 18.2 Å². The smallest absolute Gasteiger partial charge is 0.326 e. The van der Waals surface area contributed by atoms with Gasteiger partial charge in [-0.15, -0.1) is 0 Å². The Morgan fingerprint density at radius 1 is 1.30 bits per heavy atom. The highest BCUT2D eigenvalue weighted by Gasteiger charge is 2.34. The van der Waals surface area contributed by atoms with Crippen LogP contribution in [0.4, 0.5) is 18.9 Å². The Morgan fingerprint density at radius 2 is 2.09 bits per heavy atom. The molecule has 0 radical (unpaired) electrons. The second-order valence-electron chi connectivity index (χ2n) is 5.70. The van der Waals surface area contributed by atoms with E-state index in [1.165, 1.54) is 4.90 Å². The largest absolute Gasteiger partial charge is 0.401 e. The second-order valence-corrected chi connectivity index (χ2v) is 6.69. The first-order valence-corrected chi connectivity index (χ1v) is 8.97. The first-order valence-electron chi connectivity index (χ1n) is 7.57. The highest BCUT2D eigenvalue weighted by atomic mass is 32.2. The number of unbranched alkanes of at least 4 members (excludes halogenated alkanes) is 1. The van der Waals surface area contributed by atoms with Crippen molar-refractivity contribution in [1.82, 2.24) is 4.90 Å². The molecule has 0 saturated carbocycles. The van der Waals surface area contributed by atoms with E-state index >= 15 is 0 Å². The number of benzene rings is 1. The van der Waals surface area contributed by atoms with Crippen molar-refractivity contribution in [3.63, 3.8) is 0 Å². The molecule has 0 unspecified atom stereocenters. The van der Waals surface area contributed by atoms with Crippen molar-refractivity contribution >= 4 is 23.4 Å². The second kappa shape index (κ2) is 8.06. The molecule has 7 heteroatoms. The third kappa shape index (κ3) is 5.73. The van der Waals surface area contributed by atoms with Gasteiger partial charge in [-0.05, 0) is 42.0 Å². The van der Waals surface area contributed by atoms with Gasteiger partial charge in [0.05, 0.1) is 6.54 Å². The molecule has 1 heterocycles. The zero-order valence-electron chi connectivity index (χ0n) is 13.1. The Balaban J connectivity index is 1.93. The fraction of sp³-hybridized carbons (Fsp3) is 0.562. The van der Waals surface area contributed by atoms with Crippen LogP contribution in [0.1, 0.15) is 30.4 Å². The third-order valence-electron chi connectivity index (χ3n) is 3.73. The van der Waals surface area contributed by atoms with E-state index in [9.17, 15) is 18.0 Å². The summed E-state index contributed by atoms with van der Waals surface area (Å²) in [5.74, 6) is 0.953. The number of nitrogens with one attached hydrogen (secondary N) is 1. The number of anilines is 1. The summed E-state index contributed by atoms with van der Waals surface area (Å²) in [5.41, 5.74) is 2.30. The summed E-state index contributed by atoms with van der Waals surface area (Å²) < 4.78 is 37.6. The van der Waals surface area contributed by atoms with Crippen LogP contribution in [0.2, 0.25) is 0 Å². The van der Waals surface area contributed by atoms with E-state index in [-0.39, 0.29) is 19.0 Å². The van der Waals surface area contributed by atoms with E-state index in [0.29, 0.717) is 12.1 Å². The summed E-state index contributed by atoms with van der Waals surface area (Å²) in [6.45, 7) is -0.437. The monoisotopic (exact) mass is 346 g/mol. The Kier molecular flexibility index (Phi) is 6.35.